The fourth-order valence-corrected chi connectivity index (χ4v) is 4.70. The summed E-state index contributed by atoms with van der Waals surface area (Å²) in [5, 5.41) is 0.596. The fourth-order valence-electron chi connectivity index (χ4n) is 3.16. The maximum absolute atomic E-state index is 12.8. The van der Waals surface area contributed by atoms with Gasteiger partial charge < -0.3 is 19.8 Å². The Bertz CT molecular complexity index is 949. The summed E-state index contributed by atoms with van der Waals surface area (Å²) in [5.41, 5.74) is -0.461. The SMILES string of the molecule is CCOc1cc(C(CC)(CC)P(=O)(O)O)ccc1Nc1ncc(C(F)(F)F)c(Cl)n1. The lowest BCUT2D eigenvalue weighted by molar-refractivity contribution is -0.137. The molecule has 30 heavy (non-hydrogen) atoms. The summed E-state index contributed by atoms with van der Waals surface area (Å²) >= 11 is 5.63. The Morgan fingerprint density at radius 1 is 1.20 bits per heavy atom. The third-order valence-corrected chi connectivity index (χ3v) is 7.13. The first-order valence-electron chi connectivity index (χ1n) is 9.09. The zero-order valence-corrected chi connectivity index (χ0v) is 18.1. The van der Waals surface area contributed by atoms with Crippen LogP contribution in [0.5, 0.6) is 5.75 Å². The number of alkyl halides is 3. The highest BCUT2D eigenvalue weighted by atomic mass is 35.5. The van der Waals surface area contributed by atoms with E-state index in [-0.39, 0.29) is 31.1 Å². The minimum Gasteiger partial charge on any atom is -0.492 e. The maximum atomic E-state index is 12.8. The Morgan fingerprint density at radius 2 is 1.83 bits per heavy atom. The Morgan fingerprint density at radius 3 is 2.30 bits per heavy atom. The fraction of sp³-hybridized carbons (Fsp3) is 0.444. The highest BCUT2D eigenvalue weighted by molar-refractivity contribution is 7.53. The van der Waals surface area contributed by atoms with E-state index < -0.39 is 29.6 Å². The van der Waals surface area contributed by atoms with Gasteiger partial charge >= 0.3 is 13.8 Å². The summed E-state index contributed by atoms with van der Waals surface area (Å²) < 4.78 is 56.3. The molecule has 7 nitrogen and oxygen atoms in total. The molecule has 12 heteroatoms. The lowest BCUT2D eigenvalue weighted by Crippen LogP contribution is -2.24. The average molecular weight is 468 g/mol. The quantitative estimate of drug-likeness (QED) is 0.348. The van der Waals surface area contributed by atoms with Crippen LogP contribution in [0.25, 0.3) is 0 Å². The number of ether oxygens (including phenoxy) is 1. The second kappa shape index (κ2) is 9.09. The summed E-state index contributed by atoms with van der Waals surface area (Å²) in [6.07, 6.45) is -3.72. The molecule has 0 spiro atoms. The van der Waals surface area contributed by atoms with Crippen molar-refractivity contribution in [2.75, 3.05) is 11.9 Å². The third kappa shape index (κ3) is 4.88. The molecule has 0 aliphatic rings. The van der Waals surface area contributed by atoms with Gasteiger partial charge in [-0.3, -0.25) is 4.57 Å². The average Bonchev–Trinajstić information content (AvgIpc) is 2.63. The number of aromatic nitrogens is 2. The van der Waals surface area contributed by atoms with E-state index in [2.05, 4.69) is 15.3 Å². The van der Waals surface area contributed by atoms with Crippen LogP contribution in [0.2, 0.25) is 5.15 Å². The van der Waals surface area contributed by atoms with Gasteiger partial charge in [-0.15, -0.1) is 0 Å². The number of halogens is 4. The molecule has 2 aromatic rings. The molecule has 166 valence electrons. The van der Waals surface area contributed by atoms with Gasteiger partial charge in [-0.2, -0.15) is 13.2 Å². The molecule has 0 radical (unpaired) electrons. The topological polar surface area (TPSA) is 105 Å². The molecule has 0 fully saturated rings. The minimum absolute atomic E-state index is 0.186. The first kappa shape index (κ1) is 24.4. The minimum atomic E-state index is -4.68. The van der Waals surface area contributed by atoms with Crippen LogP contribution in [0.3, 0.4) is 0 Å². The summed E-state index contributed by atoms with van der Waals surface area (Å²) in [7, 11) is -4.50. The molecule has 2 rings (SSSR count). The van der Waals surface area contributed by atoms with Crippen LogP contribution in [0.15, 0.2) is 24.4 Å². The molecule has 0 aliphatic carbocycles. The van der Waals surface area contributed by atoms with E-state index >= 15 is 0 Å². The lowest BCUT2D eigenvalue weighted by atomic mass is 9.92. The molecule has 0 saturated heterocycles. The van der Waals surface area contributed by atoms with Crippen molar-refractivity contribution in [1.29, 1.82) is 0 Å². The van der Waals surface area contributed by atoms with Crippen molar-refractivity contribution >= 4 is 30.8 Å². The molecule has 0 unspecified atom stereocenters. The van der Waals surface area contributed by atoms with Crippen molar-refractivity contribution in [2.24, 2.45) is 0 Å². The lowest BCUT2D eigenvalue weighted by Gasteiger charge is -2.33. The first-order chi connectivity index (χ1) is 13.9. The Labute approximate surface area is 176 Å². The molecule has 0 amide bonds. The van der Waals surface area contributed by atoms with Gasteiger partial charge in [0.2, 0.25) is 5.95 Å². The highest BCUT2D eigenvalue weighted by Gasteiger charge is 2.45. The van der Waals surface area contributed by atoms with E-state index in [1.807, 2.05) is 0 Å². The van der Waals surface area contributed by atoms with Gasteiger partial charge in [0.25, 0.3) is 0 Å². The second-order valence-corrected chi connectivity index (χ2v) is 8.75. The standard InChI is InChI=1S/C18H22ClF3N3O4P/c1-4-17(5-2,30(26,27)28)11-7-8-13(14(9-11)29-6-3)24-16-23-10-12(15(19)25-16)18(20,21)22/h7-10H,4-6H2,1-3H3,(H,23,24,25)(H2,26,27,28). The molecule has 0 atom stereocenters. The normalized spacial score (nSPS) is 12.7. The largest absolute Gasteiger partial charge is 0.492 e. The molecule has 0 bridgehead atoms. The Balaban J connectivity index is 2.48. The summed E-state index contributed by atoms with van der Waals surface area (Å²) in [5.74, 6) is 0.0586. The van der Waals surface area contributed by atoms with E-state index in [0.29, 0.717) is 17.4 Å². The van der Waals surface area contributed by atoms with Crippen molar-refractivity contribution < 1.29 is 32.3 Å². The van der Waals surface area contributed by atoms with Crippen molar-refractivity contribution in [3.63, 3.8) is 0 Å². The predicted molar refractivity (Wildman–Crippen MR) is 107 cm³/mol. The van der Waals surface area contributed by atoms with Gasteiger partial charge in [0.15, 0.2) is 0 Å². The predicted octanol–water partition coefficient (Wildman–Crippen LogP) is 5.48. The summed E-state index contributed by atoms with van der Waals surface area (Å²) in [6.45, 7) is 5.34. The van der Waals surface area contributed by atoms with E-state index in [4.69, 9.17) is 16.3 Å². The molecule has 1 aromatic heterocycles. The molecule has 0 aliphatic heterocycles. The van der Waals surface area contributed by atoms with Crippen LogP contribution in [0, 0.1) is 0 Å². The van der Waals surface area contributed by atoms with Crippen molar-refractivity contribution in [1.82, 2.24) is 9.97 Å². The van der Waals surface area contributed by atoms with Gasteiger partial charge in [-0.1, -0.05) is 31.5 Å². The number of anilines is 2. The van der Waals surface area contributed by atoms with Crippen molar-refractivity contribution in [2.45, 2.75) is 44.9 Å². The second-order valence-electron chi connectivity index (χ2n) is 6.45. The third-order valence-electron chi connectivity index (χ3n) is 4.84. The zero-order valence-electron chi connectivity index (χ0n) is 16.5. The smallest absolute Gasteiger partial charge is 0.420 e. The summed E-state index contributed by atoms with van der Waals surface area (Å²) in [6, 6.07) is 4.54. The number of hydrogen-bond acceptors (Lipinski definition) is 5. The monoisotopic (exact) mass is 467 g/mol. The van der Waals surface area contributed by atoms with Crippen LogP contribution < -0.4 is 10.1 Å². The number of rotatable bonds is 8. The molecule has 3 N–H and O–H groups in total. The Kier molecular flexibility index (Phi) is 7.40. The number of nitrogens with one attached hydrogen (secondary N) is 1. The van der Waals surface area contributed by atoms with Gasteiger partial charge in [0.05, 0.1) is 17.5 Å². The molecule has 0 saturated carbocycles. The van der Waals surface area contributed by atoms with E-state index in [1.54, 1.807) is 20.8 Å². The molecule has 1 aromatic carbocycles. The molecule has 1 heterocycles. The first-order valence-corrected chi connectivity index (χ1v) is 11.1. The Hall–Kier alpha value is -1.87. The van der Waals surface area contributed by atoms with E-state index in [9.17, 15) is 27.5 Å². The van der Waals surface area contributed by atoms with Crippen molar-refractivity contribution in [3.8, 4) is 5.75 Å². The van der Waals surface area contributed by atoms with Gasteiger partial charge in [-0.25, -0.2) is 9.97 Å². The van der Waals surface area contributed by atoms with Gasteiger partial charge in [0, 0.05) is 6.20 Å². The van der Waals surface area contributed by atoms with Crippen LogP contribution in [-0.4, -0.2) is 26.4 Å². The van der Waals surface area contributed by atoms with E-state index in [1.165, 1.54) is 18.2 Å². The van der Waals surface area contributed by atoms with Gasteiger partial charge in [-0.05, 0) is 37.5 Å². The molecular weight excluding hydrogens is 446 g/mol. The number of nitrogens with zero attached hydrogens (tertiary/aromatic N) is 2. The van der Waals surface area contributed by atoms with Crippen molar-refractivity contribution in [3.05, 3.63) is 40.7 Å². The number of benzene rings is 1. The van der Waals surface area contributed by atoms with E-state index in [0.717, 1.165) is 0 Å². The van der Waals surface area contributed by atoms with Crippen LogP contribution in [-0.2, 0) is 15.9 Å². The summed E-state index contributed by atoms with van der Waals surface area (Å²) in [4.78, 5) is 27.2. The van der Waals surface area contributed by atoms with Crippen LogP contribution in [0.4, 0.5) is 24.8 Å². The zero-order chi connectivity index (χ0) is 22.7. The van der Waals surface area contributed by atoms with Crippen LogP contribution >= 0.6 is 19.2 Å². The highest BCUT2D eigenvalue weighted by Crippen LogP contribution is 2.61. The van der Waals surface area contributed by atoms with Gasteiger partial charge in [0.1, 0.15) is 16.5 Å². The molecular formula is C18H22ClF3N3O4P. The maximum Gasteiger partial charge on any atom is 0.420 e. The van der Waals surface area contributed by atoms with Crippen LogP contribution in [0.1, 0.15) is 44.7 Å². The number of hydrogen-bond donors (Lipinski definition) is 3.